The van der Waals surface area contributed by atoms with Crippen LogP contribution in [-0.2, 0) is 14.8 Å². The molecular weight excluding hydrogens is 561 g/mol. The number of nitrogens with zero attached hydrogens (tertiary/aromatic N) is 4. The Bertz CT molecular complexity index is 1580. The number of para-hydroxylation sites is 1. The zero-order valence-corrected chi connectivity index (χ0v) is 24.9. The maximum atomic E-state index is 13.6. The van der Waals surface area contributed by atoms with Gasteiger partial charge >= 0.3 is 0 Å². The normalized spacial score (nSPS) is 22.1. The number of piperidine rings is 1. The highest BCUT2D eigenvalue weighted by Crippen LogP contribution is 2.39. The third kappa shape index (κ3) is 5.30. The molecule has 40 heavy (non-hydrogen) atoms. The van der Waals surface area contributed by atoms with Gasteiger partial charge in [-0.05, 0) is 61.9 Å². The summed E-state index contributed by atoms with van der Waals surface area (Å²) < 4.78 is 31.1. The molecule has 1 amide bonds. The number of rotatable bonds is 6. The number of carbonyl (C=O) groups excluding carboxylic acids is 1. The minimum Gasteiger partial charge on any atom is -0.290 e. The lowest BCUT2D eigenvalue weighted by Crippen LogP contribution is -2.39. The first-order valence-corrected chi connectivity index (χ1v) is 16.5. The van der Waals surface area contributed by atoms with Crippen molar-refractivity contribution in [3.05, 3.63) is 71.3 Å². The van der Waals surface area contributed by atoms with E-state index >= 15 is 0 Å². The summed E-state index contributed by atoms with van der Waals surface area (Å²) in [4.78, 5) is 16.1. The van der Waals surface area contributed by atoms with Crippen molar-refractivity contribution in [2.24, 2.45) is 5.92 Å². The molecular formula is C30H32N4O3S3. The molecule has 0 spiro atoms. The average Bonchev–Trinajstić information content (AvgIpc) is 3.69. The van der Waals surface area contributed by atoms with Crippen LogP contribution >= 0.6 is 24.0 Å². The highest BCUT2D eigenvalue weighted by molar-refractivity contribution is 8.26. The topological polar surface area (TPSA) is 75.5 Å². The van der Waals surface area contributed by atoms with Gasteiger partial charge in [-0.25, -0.2) is 13.1 Å². The van der Waals surface area contributed by atoms with E-state index in [1.165, 1.54) is 11.8 Å². The number of carbonyl (C=O) groups is 1. The van der Waals surface area contributed by atoms with Crippen LogP contribution in [0.1, 0.15) is 51.0 Å². The van der Waals surface area contributed by atoms with Crippen molar-refractivity contribution in [2.75, 3.05) is 13.1 Å². The summed E-state index contributed by atoms with van der Waals surface area (Å²) in [6, 6.07) is 16.9. The van der Waals surface area contributed by atoms with Gasteiger partial charge in [0.2, 0.25) is 10.0 Å². The van der Waals surface area contributed by atoms with Gasteiger partial charge in [-0.2, -0.15) is 9.40 Å². The Hall–Kier alpha value is -2.79. The largest absolute Gasteiger partial charge is 0.290 e. The van der Waals surface area contributed by atoms with Gasteiger partial charge in [0.1, 0.15) is 10.0 Å². The van der Waals surface area contributed by atoms with Crippen LogP contribution in [0, 0.1) is 5.92 Å². The molecule has 1 saturated carbocycles. The number of hydrogen-bond donors (Lipinski definition) is 0. The molecule has 0 radical (unpaired) electrons. The van der Waals surface area contributed by atoms with E-state index in [4.69, 9.17) is 17.3 Å². The lowest BCUT2D eigenvalue weighted by atomic mass is 10.0. The van der Waals surface area contributed by atoms with Crippen molar-refractivity contribution in [2.45, 2.75) is 56.4 Å². The Morgan fingerprint density at radius 1 is 1.02 bits per heavy atom. The zero-order valence-electron chi connectivity index (χ0n) is 22.4. The Morgan fingerprint density at radius 3 is 2.55 bits per heavy atom. The SMILES string of the molecule is CC1CCCN(S(=O)(=O)c2cccc(-c3nn(-c4ccccc4)cc3/C=C3\SC(=S)N(C4CCCC4)C3=O)c2)C1. The zero-order chi connectivity index (χ0) is 27.9. The standard InChI is InChI=1S/C30H32N4O3S3/c1-21-9-8-16-32(19-21)40(36,37)26-15-7-10-22(17-26)28-23(20-33(31-28)24-11-3-2-4-12-24)18-27-29(35)34(30(38)39-27)25-13-5-6-14-25/h2-4,7,10-12,15,17-18,20-21,25H,5-6,8-9,13-14,16,19H2,1H3/b27-18-. The van der Waals surface area contributed by atoms with Crippen LogP contribution < -0.4 is 0 Å². The van der Waals surface area contributed by atoms with E-state index in [-0.39, 0.29) is 16.8 Å². The molecule has 3 heterocycles. The molecule has 1 unspecified atom stereocenters. The van der Waals surface area contributed by atoms with Crippen LogP contribution in [0.15, 0.2) is 70.6 Å². The smallest absolute Gasteiger partial charge is 0.266 e. The van der Waals surface area contributed by atoms with Gasteiger partial charge in [-0.15, -0.1) is 0 Å². The maximum absolute atomic E-state index is 13.6. The van der Waals surface area contributed by atoms with Gasteiger partial charge in [0.15, 0.2) is 0 Å². The van der Waals surface area contributed by atoms with Crippen LogP contribution in [0.2, 0.25) is 0 Å². The fourth-order valence-corrected chi connectivity index (χ4v) is 8.88. The van der Waals surface area contributed by atoms with Crippen LogP contribution in [0.4, 0.5) is 0 Å². The number of amides is 1. The van der Waals surface area contributed by atoms with E-state index in [0.29, 0.717) is 39.5 Å². The van der Waals surface area contributed by atoms with Crippen molar-refractivity contribution in [1.29, 1.82) is 0 Å². The number of thiocarbonyl (C=S) groups is 1. The molecule has 3 fully saturated rings. The van der Waals surface area contributed by atoms with Gasteiger partial charge in [0, 0.05) is 36.5 Å². The van der Waals surface area contributed by atoms with Crippen molar-refractivity contribution in [3.63, 3.8) is 0 Å². The summed E-state index contributed by atoms with van der Waals surface area (Å²) in [7, 11) is -3.64. The van der Waals surface area contributed by atoms with Gasteiger partial charge in [-0.1, -0.05) is 74.1 Å². The van der Waals surface area contributed by atoms with Crippen molar-refractivity contribution in [3.8, 4) is 16.9 Å². The molecule has 1 aliphatic carbocycles. The second-order valence-corrected chi connectivity index (χ2v) is 14.5. The molecule has 0 N–H and O–H groups in total. The highest BCUT2D eigenvalue weighted by atomic mass is 32.2. The van der Waals surface area contributed by atoms with E-state index in [9.17, 15) is 13.2 Å². The fourth-order valence-electron chi connectivity index (χ4n) is 5.85. The molecule has 10 heteroatoms. The average molecular weight is 593 g/mol. The summed E-state index contributed by atoms with van der Waals surface area (Å²) in [6.07, 6.45) is 9.84. The number of benzene rings is 2. The molecule has 6 rings (SSSR count). The lowest BCUT2D eigenvalue weighted by Gasteiger charge is -2.30. The van der Waals surface area contributed by atoms with E-state index in [0.717, 1.165) is 49.8 Å². The number of aromatic nitrogens is 2. The van der Waals surface area contributed by atoms with Crippen molar-refractivity contribution < 1.29 is 13.2 Å². The van der Waals surface area contributed by atoms with Crippen LogP contribution in [0.3, 0.4) is 0 Å². The summed E-state index contributed by atoms with van der Waals surface area (Å²) in [5.74, 6) is 0.277. The fraction of sp³-hybridized carbons (Fsp3) is 0.367. The number of hydrogen-bond acceptors (Lipinski definition) is 6. The summed E-state index contributed by atoms with van der Waals surface area (Å²) in [6.45, 7) is 3.16. The van der Waals surface area contributed by atoms with E-state index < -0.39 is 10.0 Å². The lowest BCUT2D eigenvalue weighted by molar-refractivity contribution is -0.123. The molecule has 2 saturated heterocycles. The van der Waals surface area contributed by atoms with Gasteiger partial charge in [0.05, 0.1) is 15.5 Å². The van der Waals surface area contributed by atoms with Crippen molar-refractivity contribution in [1.82, 2.24) is 19.0 Å². The third-order valence-corrected chi connectivity index (χ3v) is 11.1. The molecule has 1 aromatic heterocycles. The third-order valence-electron chi connectivity index (χ3n) is 7.93. The number of thioether (sulfide) groups is 1. The van der Waals surface area contributed by atoms with Crippen molar-refractivity contribution >= 4 is 50.3 Å². The first kappa shape index (κ1) is 27.4. The predicted molar refractivity (Wildman–Crippen MR) is 163 cm³/mol. The molecule has 2 aromatic carbocycles. The Balaban J connectivity index is 1.40. The van der Waals surface area contributed by atoms with Crippen LogP contribution in [-0.4, -0.2) is 56.8 Å². The number of sulfonamides is 1. The molecule has 3 aliphatic rings. The first-order chi connectivity index (χ1) is 19.3. The Labute approximate surface area is 245 Å². The first-order valence-electron chi connectivity index (χ1n) is 13.8. The van der Waals surface area contributed by atoms with Crippen LogP contribution in [0.5, 0.6) is 0 Å². The second kappa shape index (κ2) is 11.2. The molecule has 2 aliphatic heterocycles. The maximum Gasteiger partial charge on any atom is 0.266 e. The highest BCUT2D eigenvalue weighted by Gasteiger charge is 2.38. The minimum absolute atomic E-state index is 0.0594. The Kier molecular flexibility index (Phi) is 7.69. The Morgan fingerprint density at radius 2 is 1.80 bits per heavy atom. The molecule has 7 nitrogen and oxygen atoms in total. The van der Waals surface area contributed by atoms with E-state index in [2.05, 4.69) is 6.92 Å². The minimum atomic E-state index is -3.64. The monoisotopic (exact) mass is 592 g/mol. The quantitative estimate of drug-likeness (QED) is 0.254. The summed E-state index contributed by atoms with van der Waals surface area (Å²) >= 11 is 6.95. The molecule has 208 valence electrons. The summed E-state index contributed by atoms with van der Waals surface area (Å²) in [5, 5.41) is 4.88. The van der Waals surface area contributed by atoms with Gasteiger partial charge in [0.25, 0.3) is 5.91 Å². The van der Waals surface area contributed by atoms with E-state index in [1.54, 1.807) is 32.1 Å². The second-order valence-electron chi connectivity index (χ2n) is 10.8. The summed E-state index contributed by atoms with van der Waals surface area (Å²) in [5.41, 5.74) is 2.89. The molecule has 3 aromatic rings. The van der Waals surface area contributed by atoms with Gasteiger partial charge in [-0.3, -0.25) is 9.69 Å². The predicted octanol–water partition coefficient (Wildman–Crippen LogP) is 6.10. The van der Waals surface area contributed by atoms with E-state index in [1.807, 2.05) is 48.7 Å². The molecule has 0 bridgehead atoms. The van der Waals surface area contributed by atoms with Gasteiger partial charge < -0.3 is 0 Å². The molecule has 1 atom stereocenters. The van der Waals surface area contributed by atoms with Crippen LogP contribution in [0.25, 0.3) is 23.0 Å².